The Labute approximate surface area is 149 Å². The van der Waals surface area contributed by atoms with Crippen LogP contribution in [0.15, 0.2) is 47.4 Å². The van der Waals surface area contributed by atoms with Gasteiger partial charge in [0.05, 0.1) is 7.11 Å². The molecule has 2 aromatic carbocycles. The molecule has 2 aromatic rings. The number of rotatable bonds is 4. The summed E-state index contributed by atoms with van der Waals surface area (Å²) in [7, 11) is -2.11. The lowest BCUT2D eigenvalue weighted by Gasteiger charge is -2.33. The molecule has 1 aliphatic heterocycles. The summed E-state index contributed by atoms with van der Waals surface area (Å²) in [5, 5.41) is 3.40. The maximum absolute atomic E-state index is 13.2. The van der Waals surface area contributed by atoms with Gasteiger partial charge in [0, 0.05) is 25.7 Å². The number of benzene rings is 2. The first kappa shape index (κ1) is 17.9. The van der Waals surface area contributed by atoms with Crippen LogP contribution >= 0.6 is 0 Å². The topological polar surface area (TPSA) is 58.6 Å². The summed E-state index contributed by atoms with van der Waals surface area (Å²) in [5.74, 6) is 0.401. The summed E-state index contributed by atoms with van der Waals surface area (Å²) < 4.78 is 33.3. The predicted octanol–water partition coefficient (Wildman–Crippen LogP) is 2.65. The monoisotopic (exact) mass is 360 g/mol. The molecule has 3 rings (SSSR count). The predicted molar refractivity (Wildman–Crippen MR) is 98.4 cm³/mol. The van der Waals surface area contributed by atoms with Crippen LogP contribution in [0.5, 0.6) is 5.75 Å². The molecule has 0 aliphatic carbocycles. The first-order valence-corrected chi connectivity index (χ1v) is 9.81. The first-order valence-electron chi connectivity index (χ1n) is 8.37. The molecular formula is C19H24N2O3S. The van der Waals surface area contributed by atoms with Gasteiger partial charge in [-0.05, 0) is 42.7 Å². The molecule has 6 heteroatoms. The summed E-state index contributed by atoms with van der Waals surface area (Å²) in [6, 6.07) is 13.4. The third-order valence-corrected chi connectivity index (χ3v) is 6.62. The van der Waals surface area contributed by atoms with Crippen LogP contribution in [0.1, 0.15) is 22.7 Å². The van der Waals surface area contributed by atoms with E-state index in [0.29, 0.717) is 25.4 Å². The fraction of sp³-hybridized carbons (Fsp3) is 0.368. The van der Waals surface area contributed by atoms with Crippen molar-refractivity contribution < 1.29 is 13.2 Å². The number of aryl methyl sites for hydroxylation is 2. The Morgan fingerprint density at radius 2 is 1.80 bits per heavy atom. The van der Waals surface area contributed by atoms with Crippen molar-refractivity contribution >= 4 is 10.0 Å². The van der Waals surface area contributed by atoms with Crippen molar-refractivity contribution in [2.24, 2.45) is 0 Å². The van der Waals surface area contributed by atoms with Crippen LogP contribution in [0.4, 0.5) is 0 Å². The summed E-state index contributed by atoms with van der Waals surface area (Å²) in [6.45, 7) is 5.33. The van der Waals surface area contributed by atoms with Crippen LogP contribution in [0.3, 0.4) is 0 Å². The van der Waals surface area contributed by atoms with Gasteiger partial charge in [0.1, 0.15) is 10.6 Å². The van der Waals surface area contributed by atoms with E-state index in [-0.39, 0.29) is 10.9 Å². The number of nitrogens with one attached hydrogen (secondary N) is 1. The third-order valence-electron chi connectivity index (χ3n) is 4.74. The van der Waals surface area contributed by atoms with Crippen molar-refractivity contribution in [2.75, 3.05) is 26.7 Å². The van der Waals surface area contributed by atoms with Crippen molar-refractivity contribution in [3.05, 3.63) is 59.2 Å². The number of hydrogen-bond acceptors (Lipinski definition) is 4. The van der Waals surface area contributed by atoms with Crippen LogP contribution in [-0.2, 0) is 10.0 Å². The van der Waals surface area contributed by atoms with Crippen LogP contribution in [0.2, 0.25) is 0 Å². The lowest BCUT2D eigenvalue weighted by molar-refractivity contribution is 0.300. The molecule has 1 atom stereocenters. The van der Waals surface area contributed by atoms with Gasteiger partial charge in [0.15, 0.2) is 0 Å². The number of ether oxygens (including phenoxy) is 1. The standard InChI is InChI=1S/C19H24N2O3S/c1-14-11-18(24-3)19(12-15(14)2)25(22,23)21-10-9-20-17(13-21)16-7-5-4-6-8-16/h4-8,11-12,17,20H,9-10,13H2,1-3H3. The number of nitrogens with zero attached hydrogens (tertiary/aromatic N) is 1. The van der Waals surface area contributed by atoms with Crippen LogP contribution in [0, 0.1) is 13.8 Å². The third kappa shape index (κ3) is 3.56. The Bertz CT molecular complexity index is 850. The minimum Gasteiger partial charge on any atom is -0.495 e. The smallest absolute Gasteiger partial charge is 0.246 e. The lowest BCUT2D eigenvalue weighted by Crippen LogP contribution is -2.48. The fourth-order valence-corrected chi connectivity index (χ4v) is 4.79. The Morgan fingerprint density at radius 1 is 1.12 bits per heavy atom. The van der Waals surface area contributed by atoms with Gasteiger partial charge in [-0.1, -0.05) is 30.3 Å². The minimum atomic E-state index is -3.62. The van der Waals surface area contributed by atoms with Crippen molar-refractivity contribution in [3.8, 4) is 5.75 Å². The van der Waals surface area contributed by atoms with Crippen LogP contribution in [0.25, 0.3) is 0 Å². The van der Waals surface area contributed by atoms with Crippen LogP contribution < -0.4 is 10.1 Å². The van der Waals surface area contributed by atoms with E-state index in [1.54, 1.807) is 16.4 Å². The summed E-state index contributed by atoms with van der Waals surface area (Å²) in [4.78, 5) is 0.242. The molecule has 0 amide bonds. The van der Waals surface area contributed by atoms with Crippen molar-refractivity contribution in [3.63, 3.8) is 0 Å². The summed E-state index contributed by atoms with van der Waals surface area (Å²) in [5.41, 5.74) is 3.04. The molecule has 0 bridgehead atoms. The van der Waals surface area contributed by atoms with Gasteiger partial charge in [-0.25, -0.2) is 8.42 Å². The average Bonchev–Trinajstić information content (AvgIpc) is 2.64. The molecule has 1 saturated heterocycles. The van der Waals surface area contributed by atoms with Gasteiger partial charge in [0.2, 0.25) is 10.0 Å². The second-order valence-corrected chi connectivity index (χ2v) is 8.27. The number of piperazine rings is 1. The van der Waals surface area contributed by atoms with Gasteiger partial charge in [-0.3, -0.25) is 0 Å². The maximum Gasteiger partial charge on any atom is 0.246 e. The SMILES string of the molecule is COc1cc(C)c(C)cc1S(=O)(=O)N1CCNC(c2ccccc2)C1. The van der Waals surface area contributed by atoms with Crippen molar-refractivity contribution in [1.29, 1.82) is 0 Å². The molecule has 0 spiro atoms. The highest BCUT2D eigenvalue weighted by molar-refractivity contribution is 7.89. The van der Waals surface area contributed by atoms with E-state index < -0.39 is 10.0 Å². The van der Waals surface area contributed by atoms with E-state index in [0.717, 1.165) is 16.7 Å². The quantitative estimate of drug-likeness (QED) is 0.911. The summed E-state index contributed by atoms with van der Waals surface area (Å²) >= 11 is 0. The Kier molecular flexibility index (Phi) is 5.13. The second kappa shape index (κ2) is 7.15. The Morgan fingerprint density at radius 3 is 2.48 bits per heavy atom. The summed E-state index contributed by atoms with van der Waals surface area (Å²) in [6.07, 6.45) is 0. The van der Waals surface area contributed by atoms with Gasteiger partial charge in [-0.2, -0.15) is 4.31 Å². The highest BCUT2D eigenvalue weighted by Gasteiger charge is 2.32. The largest absolute Gasteiger partial charge is 0.495 e. The Hall–Kier alpha value is -1.89. The van der Waals surface area contributed by atoms with Gasteiger partial charge in [-0.15, -0.1) is 0 Å². The molecular weight excluding hydrogens is 336 g/mol. The zero-order chi connectivity index (χ0) is 18.0. The van der Waals surface area contributed by atoms with Gasteiger partial charge in [0.25, 0.3) is 0 Å². The fourth-order valence-electron chi connectivity index (χ4n) is 3.11. The normalized spacial score (nSPS) is 18.9. The molecule has 25 heavy (non-hydrogen) atoms. The molecule has 134 valence electrons. The highest BCUT2D eigenvalue weighted by atomic mass is 32.2. The second-order valence-electron chi connectivity index (χ2n) is 6.37. The molecule has 0 saturated carbocycles. The van der Waals surface area contributed by atoms with E-state index >= 15 is 0 Å². The first-order chi connectivity index (χ1) is 11.9. The van der Waals surface area contributed by atoms with E-state index in [1.807, 2.05) is 44.2 Å². The highest BCUT2D eigenvalue weighted by Crippen LogP contribution is 2.31. The average molecular weight is 360 g/mol. The minimum absolute atomic E-state index is 0.0118. The van der Waals surface area contributed by atoms with E-state index in [1.165, 1.54) is 7.11 Å². The molecule has 1 unspecified atom stereocenters. The van der Waals surface area contributed by atoms with Gasteiger partial charge < -0.3 is 10.1 Å². The molecule has 5 nitrogen and oxygen atoms in total. The maximum atomic E-state index is 13.2. The molecule has 0 radical (unpaired) electrons. The Balaban J connectivity index is 1.94. The van der Waals surface area contributed by atoms with Crippen molar-refractivity contribution in [1.82, 2.24) is 9.62 Å². The molecule has 1 aliphatic rings. The van der Waals surface area contributed by atoms with E-state index in [4.69, 9.17) is 4.74 Å². The molecule has 1 fully saturated rings. The number of methoxy groups -OCH3 is 1. The van der Waals surface area contributed by atoms with Crippen molar-refractivity contribution in [2.45, 2.75) is 24.8 Å². The van der Waals surface area contributed by atoms with E-state index in [9.17, 15) is 8.42 Å². The zero-order valence-corrected chi connectivity index (χ0v) is 15.6. The number of hydrogen-bond donors (Lipinski definition) is 1. The number of sulfonamides is 1. The molecule has 1 N–H and O–H groups in total. The molecule has 0 aromatic heterocycles. The lowest BCUT2D eigenvalue weighted by atomic mass is 10.1. The van der Waals surface area contributed by atoms with Crippen LogP contribution in [-0.4, -0.2) is 39.5 Å². The van der Waals surface area contributed by atoms with Gasteiger partial charge >= 0.3 is 0 Å². The zero-order valence-electron chi connectivity index (χ0n) is 14.8. The van der Waals surface area contributed by atoms with E-state index in [2.05, 4.69) is 5.32 Å². The molecule has 1 heterocycles.